The molecule has 0 radical (unpaired) electrons. The molecule has 17 nitrogen and oxygen atoms in total. The van der Waals surface area contributed by atoms with E-state index in [-0.39, 0.29) is 117 Å². The van der Waals surface area contributed by atoms with Crippen LogP contribution in [0.2, 0.25) is 0 Å². The number of carbonyl (C=O) groups is 4. The number of amides is 4. The van der Waals surface area contributed by atoms with E-state index < -0.39 is 50.9 Å². The van der Waals surface area contributed by atoms with Crippen LogP contribution in [0.15, 0.2) is 48.8 Å². The Bertz CT molecular complexity index is 2630. The minimum Gasteiger partial charge on any atom is -0.494 e. The van der Waals surface area contributed by atoms with E-state index in [9.17, 15) is 50.6 Å². The Labute approximate surface area is 334 Å². The van der Waals surface area contributed by atoms with Crippen molar-refractivity contribution in [2.24, 2.45) is 11.5 Å². The number of aromatic nitrogens is 6. The van der Waals surface area contributed by atoms with E-state index in [4.69, 9.17) is 20.9 Å². The third-order valence-corrected chi connectivity index (χ3v) is 10.2. The Kier molecular flexibility index (Phi) is 11.9. The standard InChI is InChI=1S/C34H28F6N10O7S2/c1-56-19-11-15(25(41)52)9-17-23(19)49(31(45-17)47-27(54)21-13-43-29(58-21)33(35,36)37)5-2-3-6-50-24-18(10-16(26(42)53)12-20(24)57-8-4-7-51)46-32(50)48-28(55)22-14-44-30(59-22)34(38,39)40/h2-3,9-14,51H,4-8H2,1H3,(H2,41,52)(H2,42,53)(H,45,47,54)(H,46,48,55)/b3-2+. The lowest BCUT2D eigenvalue weighted by Gasteiger charge is -2.13. The second-order valence-corrected chi connectivity index (χ2v) is 14.1. The fraction of sp³-hybridized carbons (Fsp3) is 0.235. The first-order chi connectivity index (χ1) is 27.9. The summed E-state index contributed by atoms with van der Waals surface area (Å²) >= 11 is 0.205. The number of thiazole rings is 2. The maximum atomic E-state index is 13.3. The number of hydrogen-bond acceptors (Lipinski definition) is 13. The Morgan fingerprint density at radius 1 is 0.763 bits per heavy atom. The van der Waals surface area contributed by atoms with Gasteiger partial charge in [-0.2, -0.15) is 26.3 Å². The lowest BCUT2D eigenvalue weighted by Crippen LogP contribution is -2.15. The second kappa shape index (κ2) is 16.7. The zero-order valence-corrected chi connectivity index (χ0v) is 31.6. The molecule has 0 aliphatic rings. The van der Waals surface area contributed by atoms with Gasteiger partial charge in [-0.1, -0.05) is 12.2 Å². The molecule has 4 heterocycles. The molecule has 59 heavy (non-hydrogen) atoms. The van der Waals surface area contributed by atoms with Gasteiger partial charge >= 0.3 is 12.4 Å². The molecule has 0 aliphatic heterocycles. The number of nitrogens with one attached hydrogen (secondary N) is 2. The van der Waals surface area contributed by atoms with Gasteiger partial charge in [-0.3, -0.25) is 29.8 Å². The van der Waals surface area contributed by atoms with Gasteiger partial charge in [-0.15, -0.1) is 22.7 Å². The van der Waals surface area contributed by atoms with Crippen LogP contribution in [0.5, 0.6) is 11.5 Å². The first kappa shape index (κ1) is 42.0. The molecule has 0 saturated carbocycles. The van der Waals surface area contributed by atoms with Gasteiger partial charge in [-0.05, 0) is 24.3 Å². The molecule has 0 atom stereocenters. The minimum atomic E-state index is -4.80. The van der Waals surface area contributed by atoms with Gasteiger partial charge in [0.15, 0.2) is 10.0 Å². The monoisotopic (exact) mass is 866 g/mol. The lowest BCUT2D eigenvalue weighted by molar-refractivity contribution is -0.138. The highest BCUT2D eigenvalue weighted by molar-refractivity contribution is 7.14. The van der Waals surface area contributed by atoms with E-state index in [1.165, 1.54) is 40.5 Å². The molecule has 0 saturated heterocycles. The molecule has 310 valence electrons. The number of halogens is 6. The second-order valence-electron chi connectivity index (χ2n) is 12.1. The number of ether oxygens (including phenoxy) is 2. The number of benzene rings is 2. The van der Waals surface area contributed by atoms with Crippen molar-refractivity contribution in [1.82, 2.24) is 29.1 Å². The molecule has 2 aromatic carbocycles. The van der Waals surface area contributed by atoms with Crippen LogP contribution in [0.1, 0.15) is 56.5 Å². The molecule has 4 aromatic heterocycles. The first-order valence-electron chi connectivity index (χ1n) is 16.7. The smallest absolute Gasteiger partial charge is 0.443 e. The number of allylic oxidation sites excluding steroid dienone is 2. The average molecular weight is 867 g/mol. The predicted octanol–water partition coefficient (Wildman–Crippen LogP) is 5.07. The molecule has 0 spiro atoms. The summed E-state index contributed by atoms with van der Waals surface area (Å²) in [6.45, 7) is -0.545. The number of aliphatic hydroxyl groups excluding tert-OH is 1. The van der Waals surface area contributed by atoms with Crippen molar-refractivity contribution in [1.29, 1.82) is 0 Å². The van der Waals surface area contributed by atoms with E-state index in [1.54, 1.807) is 12.2 Å². The fourth-order valence-corrected chi connectivity index (χ4v) is 6.87. The number of rotatable bonds is 15. The van der Waals surface area contributed by atoms with Gasteiger partial charge in [0.1, 0.15) is 32.3 Å². The number of nitrogens with two attached hydrogens (primary N) is 2. The number of fused-ring (bicyclic) bond motifs is 2. The summed E-state index contributed by atoms with van der Waals surface area (Å²) in [4.78, 5) is 65.2. The van der Waals surface area contributed by atoms with Crippen molar-refractivity contribution in [2.45, 2.75) is 31.9 Å². The molecule has 0 unspecified atom stereocenters. The summed E-state index contributed by atoms with van der Waals surface area (Å²) < 4.78 is 93.6. The number of anilines is 2. The minimum absolute atomic E-state index is 0.00396. The molecule has 0 aliphatic carbocycles. The van der Waals surface area contributed by atoms with E-state index >= 15 is 0 Å². The van der Waals surface area contributed by atoms with Crippen LogP contribution in [-0.4, -0.2) is 78.1 Å². The van der Waals surface area contributed by atoms with Crippen LogP contribution in [0.25, 0.3) is 22.1 Å². The van der Waals surface area contributed by atoms with Crippen molar-refractivity contribution in [3.05, 3.63) is 79.7 Å². The van der Waals surface area contributed by atoms with Crippen molar-refractivity contribution >= 4 is 80.3 Å². The van der Waals surface area contributed by atoms with E-state index in [0.717, 1.165) is 12.4 Å². The Balaban J connectivity index is 1.39. The maximum Gasteiger partial charge on any atom is 0.443 e. The molecule has 0 fully saturated rings. The van der Waals surface area contributed by atoms with Gasteiger partial charge in [0.05, 0.1) is 37.1 Å². The van der Waals surface area contributed by atoms with Crippen LogP contribution in [0.3, 0.4) is 0 Å². The third-order valence-electron chi connectivity index (χ3n) is 8.10. The van der Waals surface area contributed by atoms with Crippen LogP contribution in [0, 0.1) is 0 Å². The van der Waals surface area contributed by atoms with E-state index in [0.29, 0.717) is 0 Å². The van der Waals surface area contributed by atoms with Crippen molar-refractivity contribution < 1.29 is 60.1 Å². The van der Waals surface area contributed by atoms with Crippen LogP contribution >= 0.6 is 22.7 Å². The highest BCUT2D eigenvalue weighted by Crippen LogP contribution is 2.36. The van der Waals surface area contributed by atoms with Crippen LogP contribution in [-0.2, 0) is 25.4 Å². The van der Waals surface area contributed by atoms with Gasteiger partial charge in [-0.25, -0.2) is 19.9 Å². The Morgan fingerprint density at radius 2 is 1.20 bits per heavy atom. The zero-order chi connectivity index (χ0) is 42.8. The fourth-order valence-electron chi connectivity index (χ4n) is 5.51. The van der Waals surface area contributed by atoms with Crippen molar-refractivity contribution in [3.63, 3.8) is 0 Å². The summed E-state index contributed by atoms with van der Waals surface area (Å²) in [5, 5.41) is 11.8. The molecule has 0 bridgehead atoms. The predicted molar refractivity (Wildman–Crippen MR) is 200 cm³/mol. The molecule has 6 aromatic rings. The SMILES string of the molecule is COc1cc(C(N)=O)cc2nc(NC(=O)c3cnc(C(F)(F)F)s3)n(C/C=C/Cn3c(NC(=O)c4cnc(C(F)(F)F)s4)nc4cc(C(N)=O)cc(OCCCO)c43)c12. The number of carbonyl (C=O) groups excluding carboxylic acids is 4. The average Bonchev–Trinajstić information content (AvgIpc) is 3.98. The first-order valence-corrected chi connectivity index (χ1v) is 18.3. The highest BCUT2D eigenvalue weighted by Gasteiger charge is 2.36. The summed E-state index contributed by atoms with van der Waals surface area (Å²) in [6.07, 6.45) is -4.81. The summed E-state index contributed by atoms with van der Waals surface area (Å²) in [7, 11) is 1.29. The van der Waals surface area contributed by atoms with Gasteiger partial charge in [0, 0.05) is 37.2 Å². The van der Waals surface area contributed by atoms with Gasteiger partial charge in [0.2, 0.25) is 23.7 Å². The molecular weight excluding hydrogens is 839 g/mol. The topological polar surface area (TPSA) is 244 Å². The number of aliphatic hydroxyl groups is 1. The number of nitrogens with zero attached hydrogens (tertiary/aromatic N) is 6. The zero-order valence-electron chi connectivity index (χ0n) is 30.0. The van der Waals surface area contributed by atoms with E-state index in [1.807, 2.05) is 0 Å². The summed E-state index contributed by atoms with van der Waals surface area (Å²) in [6, 6.07) is 5.26. The Hall–Kier alpha value is -6.60. The van der Waals surface area contributed by atoms with Crippen molar-refractivity contribution in [3.8, 4) is 11.5 Å². The number of alkyl halides is 6. The van der Waals surface area contributed by atoms with Crippen LogP contribution < -0.4 is 31.6 Å². The Morgan fingerprint density at radius 3 is 1.59 bits per heavy atom. The number of methoxy groups -OCH3 is 1. The van der Waals surface area contributed by atoms with Gasteiger partial charge in [0.25, 0.3) is 11.8 Å². The lowest BCUT2D eigenvalue weighted by atomic mass is 10.1. The molecule has 6 rings (SSSR count). The summed E-state index contributed by atoms with van der Waals surface area (Å²) in [5.41, 5.74) is 11.6. The maximum absolute atomic E-state index is 13.3. The van der Waals surface area contributed by atoms with Gasteiger partial charge < -0.3 is 35.2 Å². The highest BCUT2D eigenvalue weighted by atomic mass is 32.1. The quantitative estimate of drug-likeness (QED) is 0.0519. The number of hydrogen-bond donors (Lipinski definition) is 5. The summed E-state index contributed by atoms with van der Waals surface area (Å²) in [5.74, 6) is -3.89. The number of primary amides is 2. The van der Waals surface area contributed by atoms with E-state index in [2.05, 4.69) is 30.6 Å². The largest absolute Gasteiger partial charge is 0.494 e. The molecule has 25 heteroatoms. The normalized spacial score (nSPS) is 12.1. The number of imidazole rings is 2. The molecular formula is C34H28F6N10O7S2. The van der Waals surface area contributed by atoms with Crippen molar-refractivity contribution in [2.75, 3.05) is 31.0 Å². The molecule has 7 N–H and O–H groups in total. The van der Waals surface area contributed by atoms with Crippen LogP contribution in [0.4, 0.5) is 38.2 Å². The molecule has 4 amide bonds. The third kappa shape index (κ3) is 9.10.